The molecule has 2 N–H and O–H groups in total. The summed E-state index contributed by atoms with van der Waals surface area (Å²) < 4.78 is 57.5. The molecular weight excluding hydrogens is 324 g/mol. The van der Waals surface area contributed by atoms with Crippen LogP contribution in [0.2, 0.25) is 0 Å². The highest BCUT2D eigenvalue weighted by atomic mass is 19.2. The number of carbonyl (C=O) groups excluding carboxylic acids is 1. The van der Waals surface area contributed by atoms with Gasteiger partial charge in [-0.25, -0.2) is 27.3 Å². The van der Waals surface area contributed by atoms with E-state index in [0.717, 1.165) is 0 Å². The van der Waals surface area contributed by atoms with Crippen molar-refractivity contribution in [2.45, 2.75) is 6.92 Å². The topological polar surface area (TPSA) is 91.5 Å². The molecule has 0 bridgehead atoms. The summed E-state index contributed by atoms with van der Waals surface area (Å²) in [7, 11) is 0. The lowest BCUT2D eigenvalue weighted by atomic mass is 10.1. The molecule has 23 heavy (non-hydrogen) atoms. The number of benzene rings is 1. The summed E-state index contributed by atoms with van der Waals surface area (Å²) in [6.45, 7) is 1.29. The van der Waals surface area contributed by atoms with Crippen LogP contribution < -0.4 is 0 Å². The van der Waals surface area contributed by atoms with E-state index in [-0.39, 0.29) is 12.7 Å². The number of hydrogen-bond acceptors (Lipinski definition) is 5. The molecule has 0 saturated carbocycles. The van der Waals surface area contributed by atoms with Gasteiger partial charge < -0.3 is 15.1 Å². The molecule has 6 nitrogen and oxygen atoms in total. The Morgan fingerprint density at radius 1 is 1.26 bits per heavy atom. The number of aliphatic imine (C=N–C) groups is 1. The summed E-state index contributed by atoms with van der Waals surface area (Å²) in [5.74, 6) is -10.4. The zero-order valence-electron chi connectivity index (χ0n) is 11.6. The number of aliphatic hydroxyl groups is 1. The lowest BCUT2D eigenvalue weighted by molar-refractivity contribution is -0.137. The Bertz CT molecular complexity index is 702. The van der Waals surface area contributed by atoms with Gasteiger partial charge in [0.2, 0.25) is 0 Å². The second-order valence-corrected chi connectivity index (χ2v) is 3.84. The minimum absolute atomic E-state index is 0.133. The Morgan fingerprint density at radius 2 is 1.91 bits per heavy atom. The van der Waals surface area contributed by atoms with E-state index in [9.17, 15) is 27.5 Å². The van der Waals surface area contributed by atoms with Crippen molar-refractivity contribution < 1.29 is 37.4 Å². The summed E-state index contributed by atoms with van der Waals surface area (Å²) in [6, 6.07) is 0.163. The van der Waals surface area contributed by atoms with Crippen LogP contribution in [0.1, 0.15) is 12.5 Å². The number of halogens is 4. The Hall–Kier alpha value is -2.91. The molecule has 0 spiro atoms. The van der Waals surface area contributed by atoms with E-state index in [1.54, 1.807) is 0 Å². The molecule has 1 aromatic carbocycles. The number of hydrogen-bond donors (Lipinski definition) is 2. The standard InChI is InChI=1S/C13H10F4N2O4/c1-2-23-13(21)7(4-18-5-19-22)12(20)6-3-8(14)10(16)11(17)9(6)15/h3-5,20,22H,2H2,1H3/b12-7-,18-4+,19-5+. The Balaban J connectivity index is 3.55. The van der Waals surface area contributed by atoms with Crippen molar-refractivity contribution in [2.75, 3.05) is 6.61 Å². The Kier molecular flexibility index (Phi) is 6.24. The highest BCUT2D eigenvalue weighted by molar-refractivity contribution is 6.16. The number of oxime groups is 1. The monoisotopic (exact) mass is 334 g/mol. The number of esters is 1. The first-order valence-corrected chi connectivity index (χ1v) is 5.97. The van der Waals surface area contributed by atoms with Crippen LogP contribution in [0.15, 0.2) is 21.8 Å². The zero-order chi connectivity index (χ0) is 17.6. The van der Waals surface area contributed by atoms with Gasteiger partial charge in [0, 0.05) is 6.21 Å². The normalized spacial score (nSPS) is 12.7. The molecule has 10 heteroatoms. The van der Waals surface area contributed by atoms with Gasteiger partial charge >= 0.3 is 5.97 Å². The molecule has 0 aliphatic carbocycles. The number of nitrogens with zero attached hydrogens (tertiary/aromatic N) is 2. The lowest BCUT2D eigenvalue weighted by Gasteiger charge is -2.08. The van der Waals surface area contributed by atoms with Gasteiger partial charge in [0.05, 0.1) is 12.2 Å². The van der Waals surface area contributed by atoms with E-state index in [0.29, 0.717) is 12.6 Å². The minimum Gasteiger partial charge on any atom is -0.506 e. The third-order valence-electron chi connectivity index (χ3n) is 2.43. The zero-order valence-corrected chi connectivity index (χ0v) is 11.6. The summed E-state index contributed by atoms with van der Waals surface area (Å²) in [4.78, 5) is 14.9. The van der Waals surface area contributed by atoms with Crippen LogP contribution in [0.4, 0.5) is 17.6 Å². The van der Waals surface area contributed by atoms with Gasteiger partial charge in [-0.1, -0.05) is 5.16 Å². The molecule has 0 atom stereocenters. The summed E-state index contributed by atoms with van der Waals surface area (Å²) >= 11 is 0. The van der Waals surface area contributed by atoms with Crippen LogP contribution in [0, 0.1) is 23.3 Å². The van der Waals surface area contributed by atoms with Crippen molar-refractivity contribution >= 4 is 24.3 Å². The quantitative estimate of drug-likeness (QED) is 0.0827. The molecule has 1 aromatic rings. The van der Waals surface area contributed by atoms with Gasteiger partial charge in [0.25, 0.3) is 0 Å². The predicted molar refractivity (Wildman–Crippen MR) is 71.2 cm³/mol. The van der Waals surface area contributed by atoms with Gasteiger partial charge in [-0.3, -0.25) is 0 Å². The van der Waals surface area contributed by atoms with Crippen LogP contribution >= 0.6 is 0 Å². The molecular formula is C13H10F4N2O4. The SMILES string of the molecule is CCOC(=O)C(/C=N/C=N/O)=C(\O)c1cc(F)c(F)c(F)c1F. The summed E-state index contributed by atoms with van der Waals surface area (Å²) in [5, 5.41) is 20.5. The van der Waals surface area contributed by atoms with E-state index in [1.165, 1.54) is 6.92 Å². The average molecular weight is 334 g/mol. The number of rotatable bonds is 5. The first-order chi connectivity index (χ1) is 10.8. The fourth-order valence-electron chi connectivity index (χ4n) is 1.45. The Morgan fingerprint density at radius 3 is 2.48 bits per heavy atom. The third-order valence-corrected chi connectivity index (χ3v) is 2.43. The molecule has 0 aromatic heterocycles. The van der Waals surface area contributed by atoms with Gasteiger partial charge in [0.15, 0.2) is 29.6 Å². The van der Waals surface area contributed by atoms with Crippen LogP contribution in [0.5, 0.6) is 0 Å². The highest BCUT2D eigenvalue weighted by Crippen LogP contribution is 2.25. The first-order valence-electron chi connectivity index (χ1n) is 5.97. The van der Waals surface area contributed by atoms with Gasteiger partial charge in [-0.2, -0.15) is 0 Å². The minimum atomic E-state index is -2.16. The molecule has 0 aliphatic rings. The van der Waals surface area contributed by atoms with Crippen molar-refractivity contribution in [1.29, 1.82) is 0 Å². The second kappa shape index (κ2) is 7.92. The van der Waals surface area contributed by atoms with Crippen LogP contribution in [-0.4, -0.2) is 35.4 Å². The first kappa shape index (κ1) is 18.1. The molecule has 124 valence electrons. The summed E-state index contributed by atoms with van der Waals surface area (Å²) in [6.07, 6.45) is 1.15. The molecule has 0 unspecified atom stereocenters. The van der Waals surface area contributed by atoms with E-state index >= 15 is 0 Å². The van der Waals surface area contributed by atoms with E-state index in [2.05, 4.69) is 14.9 Å². The van der Waals surface area contributed by atoms with Gasteiger partial charge in [0.1, 0.15) is 11.3 Å². The lowest BCUT2D eigenvalue weighted by Crippen LogP contribution is -2.13. The van der Waals surface area contributed by atoms with E-state index in [1.807, 2.05) is 0 Å². The predicted octanol–water partition coefficient (Wildman–Crippen LogP) is 2.56. The molecule has 0 aliphatic heterocycles. The molecule has 0 heterocycles. The van der Waals surface area contributed by atoms with E-state index < -0.39 is 46.1 Å². The maximum absolute atomic E-state index is 13.7. The van der Waals surface area contributed by atoms with Crippen molar-refractivity contribution in [3.63, 3.8) is 0 Å². The third kappa shape index (κ3) is 4.05. The molecule has 0 radical (unpaired) electrons. The fraction of sp³-hybridized carbons (Fsp3) is 0.154. The van der Waals surface area contributed by atoms with Crippen LogP contribution in [0.25, 0.3) is 5.76 Å². The number of carbonyl (C=O) groups is 1. The van der Waals surface area contributed by atoms with E-state index in [4.69, 9.17) is 5.21 Å². The maximum Gasteiger partial charge on any atom is 0.343 e. The Labute approximate surface area is 127 Å². The van der Waals surface area contributed by atoms with Crippen molar-refractivity contribution in [1.82, 2.24) is 0 Å². The van der Waals surface area contributed by atoms with Gasteiger partial charge in [-0.15, -0.1) is 0 Å². The second-order valence-electron chi connectivity index (χ2n) is 3.84. The molecule has 0 fully saturated rings. The maximum atomic E-state index is 13.7. The summed E-state index contributed by atoms with van der Waals surface area (Å²) in [5.41, 5.74) is -1.91. The van der Waals surface area contributed by atoms with Crippen molar-refractivity contribution in [3.05, 3.63) is 40.5 Å². The fourth-order valence-corrected chi connectivity index (χ4v) is 1.45. The highest BCUT2D eigenvalue weighted by Gasteiger charge is 2.24. The molecule has 0 amide bonds. The van der Waals surface area contributed by atoms with Crippen LogP contribution in [0.3, 0.4) is 0 Å². The number of aliphatic hydroxyl groups excluding tert-OH is 1. The number of ether oxygens (including phenoxy) is 1. The average Bonchev–Trinajstić information content (AvgIpc) is 2.52. The van der Waals surface area contributed by atoms with Gasteiger partial charge in [-0.05, 0) is 13.0 Å². The molecule has 1 rings (SSSR count). The smallest absolute Gasteiger partial charge is 0.343 e. The molecule has 0 saturated heterocycles. The van der Waals surface area contributed by atoms with Crippen LogP contribution in [-0.2, 0) is 9.53 Å². The van der Waals surface area contributed by atoms with Crippen molar-refractivity contribution in [3.8, 4) is 0 Å². The van der Waals surface area contributed by atoms with Crippen molar-refractivity contribution in [2.24, 2.45) is 10.1 Å². The largest absolute Gasteiger partial charge is 0.506 e.